The number of benzene rings is 2. The molecular formula is C25H32N4O5S. The van der Waals surface area contributed by atoms with Crippen LogP contribution in [0.2, 0.25) is 0 Å². The van der Waals surface area contributed by atoms with Crippen LogP contribution in [-0.2, 0) is 21.4 Å². The highest BCUT2D eigenvalue weighted by atomic mass is 32.2. The average Bonchev–Trinajstić information content (AvgIpc) is 3.21. The summed E-state index contributed by atoms with van der Waals surface area (Å²) in [5.41, 5.74) is 4.78. The zero-order valence-corrected chi connectivity index (χ0v) is 21.3. The van der Waals surface area contributed by atoms with E-state index in [1.807, 2.05) is 49.5 Å². The molecule has 1 atom stereocenters. The lowest BCUT2D eigenvalue weighted by molar-refractivity contribution is 0.0325. The maximum absolute atomic E-state index is 10.7. The molecule has 2 aromatic carbocycles. The van der Waals surface area contributed by atoms with Crippen molar-refractivity contribution in [3.8, 4) is 23.1 Å². The van der Waals surface area contributed by atoms with Crippen LogP contribution in [0.3, 0.4) is 0 Å². The number of aromatic nitrogens is 1. The molecular weight excluding hydrogens is 468 g/mol. The summed E-state index contributed by atoms with van der Waals surface area (Å²) >= 11 is 0. The Morgan fingerprint density at radius 3 is 2.37 bits per heavy atom. The zero-order chi connectivity index (χ0) is 25.6. The van der Waals surface area contributed by atoms with Crippen LogP contribution >= 0.6 is 0 Å². The van der Waals surface area contributed by atoms with Crippen molar-refractivity contribution < 1.29 is 22.4 Å². The van der Waals surface area contributed by atoms with E-state index in [9.17, 15) is 13.7 Å². The third-order valence-electron chi connectivity index (χ3n) is 6.14. The van der Waals surface area contributed by atoms with Gasteiger partial charge < -0.3 is 19.4 Å². The quantitative estimate of drug-likeness (QED) is 0.491. The SMILES string of the molecule is CC(N1CCOCC1)S(=O)(=O)O.CCn1c(-c2ccc(NC)cc2)c(C#N)c2ccc(OC)cc21. The minimum Gasteiger partial charge on any atom is -0.497 e. The third-order valence-corrected chi connectivity index (χ3v) is 7.30. The normalized spacial score (nSPS) is 15.1. The average molecular weight is 501 g/mol. The molecule has 1 aliphatic rings. The highest BCUT2D eigenvalue weighted by Crippen LogP contribution is 2.35. The number of nitrogens with zero attached hydrogens (tertiary/aromatic N) is 3. The molecule has 1 aromatic heterocycles. The number of nitrogens with one attached hydrogen (secondary N) is 1. The van der Waals surface area contributed by atoms with Gasteiger partial charge in [0, 0.05) is 43.8 Å². The number of fused-ring (bicyclic) bond motifs is 1. The summed E-state index contributed by atoms with van der Waals surface area (Å²) in [4.78, 5) is 1.68. The summed E-state index contributed by atoms with van der Waals surface area (Å²) < 4.78 is 42.7. The molecule has 4 rings (SSSR count). The van der Waals surface area contributed by atoms with E-state index in [0.717, 1.165) is 40.1 Å². The van der Waals surface area contributed by atoms with Gasteiger partial charge in [0.15, 0.2) is 0 Å². The van der Waals surface area contributed by atoms with Gasteiger partial charge in [-0.15, -0.1) is 0 Å². The highest BCUT2D eigenvalue weighted by molar-refractivity contribution is 7.86. The molecule has 2 heterocycles. The van der Waals surface area contributed by atoms with E-state index in [-0.39, 0.29) is 0 Å². The van der Waals surface area contributed by atoms with E-state index >= 15 is 0 Å². The highest BCUT2D eigenvalue weighted by Gasteiger charge is 2.26. The van der Waals surface area contributed by atoms with E-state index in [1.165, 1.54) is 6.92 Å². The summed E-state index contributed by atoms with van der Waals surface area (Å²) in [7, 11) is -0.382. The van der Waals surface area contributed by atoms with E-state index in [0.29, 0.717) is 31.9 Å². The summed E-state index contributed by atoms with van der Waals surface area (Å²) in [5, 5.41) is 13.0. The molecule has 9 nitrogen and oxygen atoms in total. The third kappa shape index (κ3) is 5.94. The Bertz CT molecular complexity index is 1290. The van der Waals surface area contributed by atoms with Crippen molar-refractivity contribution >= 4 is 26.7 Å². The van der Waals surface area contributed by atoms with Gasteiger partial charge in [0.05, 0.1) is 37.1 Å². The summed E-state index contributed by atoms with van der Waals surface area (Å²) in [6, 6.07) is 16.4. The zero-order valence-electron chi connectivity index (χ0n) is 20.5. The number of hydrogen-bond donors (Lipinski definition) is 2. The Kier molecular flexibility index (Phi) is 8.75. The van der Waals surface area contributed by atoms with E-state index in [1.54, 1.807) is 12.0 Å². The lowest BCUT2D eigenvalue weighted by Crippen LogP contribution is -2.45. The molecule has 1 aliphatic heterocycles. The second-order valence-electron chi connectivity index (χ2n) is 8.05. The minimum absolute atomic E-state index is 0.528. The van der Waals surface area contributed by atoms with Gasteiger partial charge in [-0.2, -0.15) is 13.7 Å². The second-order valence-corrected chi connectivity index (χ2v) is 9.76. The first-order valence-electron chi connectivity index (χ1n) is 11.4. The van der Waals surface area contributed by atoms with Gasteiger partial charge in [0.1, 0.15) is 17.2 Å². The first-order valence-corrected chi connectivity index (χ1v) is 12.9. The smallest absolute Gasteiger partial charge is 0.280 e. The van der Waals surface area contributed by atoms with Crippen LogP contribution in [0, 0.1) is 11.3 Å². The van der Waals surface area contributed by atoms with E-state index in [2.05, 4.69) is 22.9 Å². The molecule has 0 aliphatic carbocycles. The maximum Gasteiger partial charge on any atom is 0.280 e. The Hall–Kier alpha value is -3.10. The summed E-state index contributed by atoms with van der Waals surface area (Å²) in [5.74, 6) is 0.797. The van der Waals surface area contributed by atoms with Gasteiger partial charge in [0.2, 0.25) is 0 Å². The van der Waals surface area contributed by atoms with Gasteiger partial charge in [-0.25, -0.2) is 0 Å². The fourth-order valence-electron chi connectivity index (χ4n) is 4.12. The van der Waals surface area contributed by atoms with E-state index < -0.39 is 15.5 Å². The second kappa shape index (κ2) is 11.6. The molecule has 0 saturated carbocycles. The molecule has 3 aromatic rings. The molecule has 0 bridgehead atoms. The van der Waals surface area contributed by atoms with Gasteiger partial charge >= 0.3 is 0 Å². The summed E-state index contributed by atoms with van der Waals surface area (Å²) in [6.07, 6.45) is 0. The Balaban J connectivity index is 0.000000241. The fraction of sp³-hybridized carbons (Fsp3) is 0.400. The number of methoxy groups -OCH3 is 1. The van der Waals surface area contributed by atoms with Crippen LogP contribution in [0.25, 0.3) is 22.2 Å². The monoisotopic (exact) mass is 500 g/mol. The topological polar surface area (TPSA) is 117 Å². The molecule has 0 amide bonds. The molecule has 10 heteroatoms. The predicted molar refractivity (Wildman–Crippen MR) is 137 cm³/mol. The first-order chi connectivity index (χ1) is 16.7. The van der Waals surface area contributed by atoms with Crippen LogP contribution in [0.4, 0.5) is 5.69 Å². The summed E-state index contributed by atoms with van der Waals surface area (Å²) in [6.45, 7) is 6.52. The van der Waals surface area contributed by atoms with Gasteiger partial charge in [0.25, 0.3) is 10.1 Å². The van der Waals surface area contributed by atoms with Gasteiger partial charge in [-0.3, -0.25) is 9.45 Å². The molecule has 0 radical (unpaired) electrons. The fourth-order valence-corrected chi connectivity index (χ4v) is 4.71. The number of nitriles is 1. The van der Waals surface area contributed by atoms with Gasteiger partial charge in [-0.05, 0) is 43.7 Å². The van der Waals surface area contributed by atoms with Crippen LogP contribution in [-0.4, -0.2) is 68.3 Å². The molecule has 35 heavy (non-hydrogen) atoms. The van der Waals surface area contributed by atoms with Crippen LogP contribution in [0.1, 0.15) is 19.4 Å². The number of anilines is 1. The van der Waals surface area contributed by atoms with E-state index in [4.69, 9.17) is 14.0 Å². The molecule has 1 fully saturated rings. The van der Waals surface area contributed by atoms with Crippen molar-refractivity contribution in [1.29, 1.82) is 5.26 Å². The van der Waals surface area contributed by atoms with Crippen molar-refractivity contribution in [2.45, 2.75) is 25.8 Å². The Labute approximate surface area is 206 Å². The maximum atomic E-state index is 10.7. The van der Waals surface area contributed by atoms with Gasteiger partial charge in [-0.1, -0.05) is 12.1 Å². The van der Waals surface area contributed by atoms with Crippen molar-refractivity contribution in [2.75, 3.05) is 45.8 Å². The number of morpholine rings is 1. The lowest BCUT2D eigenvalue weighted by atomic mass is 10.1. The van der Waals surface area contributed by atoms with Crippen molar-refractivity contribution in [1.82, 2.24) is 9.47 Å². The van der Waals surface area contributed by atoms with Crippen LogP contribution in [0.5, 0.6) is 5.75 Å². The minimum atomic E-state index is -3.93. The molecule has 2 N–H and O–H groups in total. The molecule has 0 spiro atoms. The molecule has 1 saturated heterocycles. The molecule has 188 valence electrons. The lowest BCUT2D eigenvalue weighted by Gasteiger charge is -2.30. The standard InChI is InChI=1S/C19H19N3O.C6H13NO4S/c1-4-22-18-11-15(23-3)9-10-16(18)17(12-20)19(22)13-5-7-14(21-2)8-6-13;1-6(12(8,9)10)7-2-4-11-5-3-7/h5-11,21H,4H2,1-3H3;6H,2-5H2,1H3,(H,8,9,10). The number of hydrogen-bond acceptors (Lipinski definition) is 7. The van der Waals surface area contributed by atoms with Crippen LogP contribution < -0.4 is 10.1 Å². The number of rotatable bonds is 6. The predicted octanol–water partition coefficient (Wildman–Crippen LogP) is 3.80. The Morgan fingerprint density at radius 2 is 1.86 bits per heavy atom. The van der Waals surface area contributed by atoms with Crippen LogP contribution in [0.15, 0.2) is 42.5 Å². The largest absolute Gasteiger partial charge is 0.497 e. The van der Waals surface area contributed by atoms with Crippen molar-refractivity contribution in [2.24, 2.45) is 0 Å². The number of aryl methyl sites for hydroxylation is 1. The van der Waals surface area contributed by atoms with Crippen molar-refractivity contribution in [3.63, 3.8) is 0 Å². The number of ether oxygens (including phenoxy) is 2. The molecule has 1 unspecified atom stereocenters. The Morgan fingerprint density at radius 1 is 1.20 bits per heavy atom. The van der Waals surface area contributed by atoms with Crippen molar-refractivity contribution in [3.05, 3.63) is 48.0 Å². The first kappa shape index (κ1) is 26.5.